The van der Waals surface area contributed by atoms with Crippen LogP contribution in [0.4, 0.5) is 13.2 Å². The van der Waals surface area contributed by atoms with Crippen molar-refractivity contribution in [1.29, 1.82) is 0 Å². The number of halogens is 3. The average molecular weight is 493 g/mol. The number of aliphatic hydroxyl groups excluding tert-OH is 1. The van der Waals surface area contributed by atoms with Gasteiger partial charge in [-0.15, -0.1) is 13.2 Å². The first-order chi connectivity index (χ1) is 16.7. The molecule has 7 nitrogen and oxygen atoms in total. The Hall–Kier alpha value is -2.59. The van der Waals surface area contributed by atoms with E-state index in [9.17, 15) is 23.1 Å². The predicted molar refractivity (Wildman–Crippen MR) is 123 cm³/mol. The number of benzene rings is 1. The maximum Gasteiger partial charge on any atom is 0.573 e. The van der Waals surface area contributed by atoms with Gasteiger partial charge in [-0.2, -0.15) is 5.10 Å². The first-order valence-electron chi connectivity index (χ1n) is 12.4. The van der Waals surface area contributed by atoms with Gasteiger partial charge in [-0.3, -0.25) is 9.69 Å². The van der Waals surface area contributed by atoms with Crippen LogP contribution in [0.3, 0.4) is 0 Å². The Morgan fingerprint density at radius 3 is 2.54 bits per heavy atom. The van der Waals surface area contributed by atoms with Crippen molar-refractivity contribution < 1.29 is 27.8 Å². The number of aryl methyl sites for hydroxylation is 1. The molecule has 0 spiro atoms. The number of ether oxygens (including phenoxy) is 1. The summed E-state index contributed by atoms with van der Waals surface area (Å²) in [6, 6.07) is 6.33. The second-order valence-corrected chi connectivity index (χ2v) is 9.82. The van der Waals surface area contributed by atoms with Crippen molar-refractivity contribution in [2.45, 2.75) is 69.8 Å². The molecule has 2 saturated heterocycles. The summed E-state index contributed by atoms with van der Waals surface area (Å²) < 4.78 is 43.9. The minimum atomic E-state index is -4.78. The van der Waals surface area contributed by atoms with Crippen molar-refractivity contribution in [3.8, 4) is 11.4 Å². The number of hydrogen-bond acceptors (Lipinski definition) is 5. The van der Waals surface area contributed by atoms with E-state index >= 15 is 0 Å². The number of alkyl halides is 3. The average Bonchev–Trinajstić information content (AvgIpc) is 3.44. The minimum Gasteiger partial charge on any atom is -0.406 e. The van der Waals surface area contributed by atoms with Gasteiger partial charge in [0.1, 0.15) is 5.75 Å². The maximum atomic E-state index is 13.7. The fourth-order valence-electron chi connectivity index (χ4n) is 5.65. The van der Waals surface area contributed by atoms with Crippen LogP contribution in [-0.4, -0.2) is 75.3 Å². The van der Waals surface area contributed by atoms with Gasteiger partial charge in [0.25, 0.3) is 5.91 Å². The number of carbonyl (C=O) groups excluding carboxylic acids is 1. The standard InChI is InChI=1S/C25H31F3N4O3/c1-16-22(24(34)30-12-9-18(10-13-30)31-11-3-5-20(31)15-33)23(17-7-8-17)32(29-16)19-4-2-6-21(14-19)35-25(26,27)28/h2,4,6,14,17-18,20,33H,3,5,7-13,15H2,1H3/t20-/m0/s1. The monoisotopic (exact) mass is 492 g/mol. The van der Waals surface area contributed by atoms with Crippen LogP contribution < -0.4 is 4.74 Å². The summed E-state index contributed by atoms with van der Waals surface area (Å²) in [5.74, 6) is -0.213. The second kappa shape index (κ2) is 9.46. The fourth-order valence-corrected chi connectivity index (χ4v) is 5.65. The van der Waals surface area contributed by atoms with Crippen LogP contribution in [0, 0.1) is 6.92 Å². The number of nitrogens with zero attached hydrogens (tertiary/aromatic N) is 4. The largest absolute Gasteiger partial charge is 0.573 e. The van der Waals surface area contributed by atoms with Crippen LogP contribution in [-0.2, 0) is 0 Å². The minimum absolute atomic E-state index is 0.0584. The van der Waals surface area contributed by atoms with Crippen LogP contribution in [0.5, 0.6) is 5.75 Å². The highest BCUT2D eigenvalue weighted by atomic mass is 19.4. The van der Waals surface area contributed by atoms with Gasteiger partial charge in [-0.05, 0) is 64.1 Å². The van der Waals surface area contributed by atoms with E-state index in [1.54, 1.807) is 17.7 Å². The quantitative estimate of drug-likeness (QED) is 0.660. The third-order valence-electron chi connectivity index (χ3n) is 7.42. The molecule has 190 valence electrons. The lowest BCUT2D eigenvalue weighted by Gasteiger charge is -2.39. The topological polar surface area (TPSA) is 70.8 Å². The van der Waals surface area contributed by atoms with E-state index in [1.807, 2.05) is 4.90 Å². The lowest BCUT2D eigenvalue weighted by atomic mass is 10.0. The first-order valence-corrected chi connectivity index (χ1v) is 12.4. The van der Waals surface area contributed by atoms with Crippen molar-refractivity contribution in [1.82, 2.24) is 19.6 Å². The number of aliphatic hydroxyl groups is 1. The second-order valence-electron chi connectivity index (χ2n) is 9.82. The zero-order chi connectivity index (χ0) is 24.7. The van der Waals surface area contributed by atoms with E-state index in [-0.39, 0.29) is 30.2 Å². The summed E-state index contributed by atoms with van der Waals surface area (Å²) in [5, 5.41) is 14.3. The molecule has 3 fully saturated rings. The van der Waals surface area contributed by atoms with Gasteiger partial charge in [0, 0.05) is 37.2 Å². The van der Waals surface area contributed by atoms with Crippen LogP contribution in [0.2, 0.25) is 0 Å². The highest BCUT2D eigenvalue weighted by molar-refractivity contribution is 5.97. The van der Waals surface area contributed by atoms with E-state index in [4.69, 9.17) is 0 Å². The lowest BCUT2D eigenvalue weighted by molar-refractivity contribution is -0.274. The highest BCUT2D eigenvalue weighted by Gasteiger charge is 2.38. The van der Waals surface area contributed by atoms with E-state index in [2.05, 4.69) is 14.7 Å². The molecule has 3 heterocycles. The molecule has 5 rings (SSSR count). The van der Waals surface area contributed by atoms with E-state index in [0.717, 1.165) is 50.8 Å². The molecule has 1 aromatic heterocycles. The number of piperidine rings is 1. The lowest BCUT2D eigenvalue weighted by Crippen LogP contribution is -2.49. The predicted octanol–water partition coefficient (Wildman–Crippen LogP) is 4.02. The normalized spacial score (nSPS) is 22.1. The third-order valence-corrected chi connectivity index (χ3v) is 7.42. The van der Waals surface area contributed by atoms with E-state index in [1.165, 1.54) is 18.2 Å². The van der Waals surface area contributed by atoms with Crippen LogP contribution in [0.1, 0.15) is 66.2 Å². The van der Waals surface area contributed by atoms with Gasteiger partial charge in [0.15, 0.2) is 0 Å². The first kappa shape index (κ1) is 24.1. The number of amides is 1. The highest BCUT2D eigenvalue weighted by Crippen LogP contribution is 2.44. The molecule has 0 bridgehead atoms. The Morgan fingerprint density at radius 1 is 1.14 bits per heavy atom. The zero-order valence-electron chi connectivity index (χ0n) is 19.8. The molecular formula is C25H31F3N4O3. The van der Waals surface area contributed by atoms with Crippen LogP contribution in [0.25, 0.3) is 5.69 Å². The van der Waals surface area contributed by atoms with Gasteiger partial charge in [-0.25, -0.2) is 4.68 Å². The number of aromatic nitrogens is 2. The van der Waals surface area contributed by atoms with Crippen LogP contribution >= 0.6 is 0 Å². The molecule has 2 aromatic rings. The summed E-state index contributed by atoms with van der Waals surface area (Å²) in [7, 11) is 0. The van der Waals surface area contributed by atoms with Crippen molar-refractivity contribution in [2.24, 2.45) is 0 Å². The van der Waals surface area contributed by atoms with E-state index in [0.29, 0.717) is 36.1 Å². The van der Waals surface area contributed by atoms with Crippen molar-refractivity contribution in [2.75, 3.05) is 26.2 Å². The molecule has 0 unspecified atom stereocenters. The molecule has 0 radical (unpaired) electrons. The molecule has 3 aliphatic rings. The molecule has 35 heavy (non-hydrogen) atoms. The Kier molecular flexibility index (Phi) is 6.52. The van der Waals surface area contributed by atoms with Crippen molar-refractivity contribution in [3.05, 3.63) is 41.2 Å². The van der Waals surface area contributed by atoms with Crippen LogP contribution in [0.15, 0.2) is 24.3 Å². The molecule has 10 heteroatoms. The SMILES string of the molecule is Cc1nn(-c2cccc(OC(F)(F)F)c2)c(C2CC2)c1C(=O)N1CCC(N2CCC[C@H]2CO)CC1. The van der Waals surface area contributed by atoms with Gasteiger partial charge >= 0.3 is 6.36 Å². The number of rotatable bonds is 6. The molecule has 1 saturated carbocycles. The molecule has 1 amide bonds. The molecular weight excluding hydrogens is 461 g/mol. The van der Waals surface area contributed by atoms with Crippen molar-refractivity contribution >= 4 is 5.91 Å². The fraction of sp³-hybridized carbons (Fsp3) is 0.600. The molecule has 1 aromatic carbocycles. The number of hydrogen-bond donors (Lipinski definition) is 1. The molecule has 2 aliphatic heterocycles. The molecule has 1 N–H and O–H groups in total. The number of carbonyl (C=O) groups is 1. The molecule has 1 atom stereocenters. The summed E-state index contributed by atoms with van der Waals surface area (Å²) in [6.07, 6.45) is 0.914. The Bertz CT molecular complexity index is 1070. The summed E-state index contributed by atoms with van der Waals surface area (Å²) in [6.45, 7) is 4.24. The van der Waals surface area contributed by atoms with E-state index < -0.39 is 6.36 Å². The number of likely N-dealkylation sites (tertiary alicyclic amines) is 2. The third kappa shape index (κ3) is 5.04. The summed E-state index contributed by atoms with van der Waals surface area (Å²) in [5.41, 5.74) is 2.38. The van der Waals surface area contributed by atoms with Gasteiger partial charge < -0.3 is 14.7 Å². The van der Waals surface area contributed by atoms with Gasteiger partial charge in [-0.1, -0.05) is 6.07 Å². The Balaban J connectivity index is 1.37. The van der Waals surface area contributed by atoms with Crippen molar-refractivity contribution in [3.63, 3.8) is 0 Å². The summed E-state index contributed by atoms with van der Waals surface area (Å²) in [4.78, 5) is 17.9. The zero-order valence-corrected chi connectivity index (χ0v) is 19.8. The summed E-state index contributed by atoms with van der Waals surface area (Å²) >= 11 is 0. The van der Waals surface area contributed by atoms with Gasteiger partial charge in [0.05, 0.1) is 29.2 Å². The maximum absolute atomic E-state index is 13.7. The molecule has 1 aliphatic carbocycles. The van der Waals surface area contributed by atoms with Gasteiger partial charge in [0.2, 0.25) is 0 Å². The smallest absolute Gasteiger partial charge is 0.406 e. The Labute approximate surface area is 202 Å². The Morgan fingerprint density at radius 2 is 1.89 bits per heavy atom.